The number of rotatable bonds is 3. The van der Waals surface area contributed by atoms with Crippen LogP contribution < -0.4 is 21.5 Å². The van der Waals surface area contributed by atoms with E-state index in [1.54, 1.807) is 45.0 Å². The third kappa shape index (κ3) is 7.53. The largest absolute Gasteiger partial charge is 0.444 e. The molecule has 3 atom stereocenters. The Bertz CT molecular complexity index is 730. The predicted octanol–water partition coefficient (Wildman–Crippen LogP) is 3.97. The molecule has 1 fully saturated rings. The summed E-state index contributed by atoms with van der Waals surface area (Å²) in [6, 6.07) is 6.82. The van der Waals surface area contributed by atoms with Crippen LogP contribution in [0.2, 0.25) is 0 Å². The van der Waals surface area contributed by atoms with Crippen LogP contribution in [0.1, 0.15) is 64.2 Å². The molecule has 7 nitrogen and oxygen atoms in total. The molecule has 1 aliphatic carbocycles. The topological polar surface area (TPSA) is 91.5 Å². The molecule has 0 saturated heterocycles. The van der Waals surface area contributed by atoms with Gasteiger partial charge in [-0.2, -0.15) is 0 Å². The second-order valence-electron chi connectivity index (χ2n) is 8.63. The van der Waals surface area contributed by atoms with Gasteiger partial charge < -0.3 is 10.1 Å². The lowest BCUT2D eigenvalue weighted by Crippen LogP contribution is -2.52. The zero-order chi connectivity index (χ0) is 21.6. The molecule has 0 aromatic heterocycles. The second-order valence-corrected chi connectivity index (χ2v) is 9.04. The first-order valence-corrected chi connectivity index (χ1v) is 10.4. The summed E-state index contributed by atoms with van der Waals surface area (Å²) in [5, 5.41) is 6.34. The predicted molar refractivity (Wildman–Crippen MR) is 119 cm³/mol. The summed E-state index contributed by atoms with van der Waals surface area (Å²) in [4.78, 5) is 24.1. The van der Waals surface area contributed by atoms with Crippen molar-refractivity contribution in [2.75, 3.05) is 5.32 Å². The number of hydrazine groups is 1. The Morgan fingerprint density at radius 1 is 1.07 bits per heavy atom. The molecule has 8 heteroatoms. The van der Waals surface area contributed by atoms with Crippen LogP contribution in [0.15, 0.2) is 24.3 Å². The SMILES string of the molecule is C[C@H]1[C@@H](NC(=S)NNC(=O)c2ccc(NC(=O)OC(C)(C)C)cc2)CCC[C@@H]1C. The van der Waals surface area contributed by atoms with Gasteiger partial charge in [0.2, 0.25) is 0 Å². The zero-order valence-corrected chi connectivity index (χ0v) is 18.6. The van der Waals surface area contributed by atoms with Crippen molar-refractivity contribution in [2.45, 2.75) is 65.5 Å². The number of amides is 2. The molecule has 1 aliphatic rings. The molecule has 4 N–H and O–H groups in total. The van der Waals surface area contributed by atoms with E-state index < -0.39 is 11.7 Å². The molecule has 0 spiro atoms. The maximum atomic E-state index is 12.3. The molecule has 29 heavy (non-hydrogen) atoms. The van der Waals surface area contributed by atoms with Crippen molar-refractivity contribution in [3.8, 4) is 0 Å². The quantitative estimate of drug-likeness (QED) is 0.437. The van der Waals surface area contributed by atoms with Crippen molar-refractivity contribution in [1.82, 2.24) is 16.2 Å². The molecule has 0 radical (unpaired) electrons. The van der Waals surface area contributed by atoms with Gasteiger partial charge in [-0.3, -0.25) is 21.0 Å². The number of carbonyl (C=O) groups is 2. The third-order valence-electron chi connectivity index (χ3n) is 5.11. The van der Waals surface area contributed by atoms with Gasteiger partial charge in [0.05, 0.1) is 0 Å². The van der Waals surface area contributed by atoms with Crippen molar-refractivity contribution in [3.63, 3.8) is 0 Å². The van der Waals surface area contributed by atoms with Crippen LogP contribution in [-0.2, 0) is 4.74 Å². The minimum atomic E-state index is -0.574. The van der Waals surface area contributed by atoms with Crippen LogP contribution in [0.5, 0.6) is 0 Å². The molecular weight excluding hydrogens is 388 g/mol. The summed E-state index contributed by atoms with van der Waals surface area (Å²) in [7, 11) is 0. The van der Waals surface area contributed by atoms with Gasteiger partial charge in [0, 0.05) is 17.3 Å². The van der Waals surface area contributed by atoms with Gasteiger partial charge in [0.1, 0.15) is 5.60 Å². The van der Waals surface area contributed by atoms with Gasteiger partial charge in [-0.25, -0.2) is 4.79 Å². The van der Waals surface area contributed by atoms with Gasteiger partial charge in [-0.15, -0.1) is 0 Å². The molecule has 0 unspecified atom stereocenters. The summed E-state index contributed by atoms with van der Waals surface area (Å²) in [5.74, 6) is 0.874. The van der Waals surface area contributed by atoms with E-state index in [1.165, 1.54) is 12.8 Å². The van der Waals surface area contributed by atoms with Gasteiger partial charge in [-0.1, -0.05) is 26.7 Å². The molecule has 2 rings (SSSR count). The molecular formula is C21H32N4O3S. The number of hydrogen-bond donors (Lipinski definition) is 4. The standard InChI is InChI=1S/C21H32N4O3S/c1-13-7-6-8-17(14(13)2)23-19(29)25-24-18(26)15-9-11-16(12-10-15)22-20(27)28-21(3,4)5/h9-14,17H,6-8H2,1-5H3,(H,22,27)(H,24,26)(H2,23,25,29)/t13-,14+,17-/m0/s1. The Labute approximate surface area is 178 Å². The number of nitrogens with one attached hydrogen (secondary N) is 4. The average Bonchev–Trinajstić information content (AvgIpc) is 2.62. The van der Waals surface area contributed by atoms with Gasteiger partial charge >= 0.3 is 6.09 Å². The molecule has 2 amide bonds. The Morgan fingerprint density at radius 2 is 1.72 bits per heavy atom. The fourth-order valence-electron chi connectivity index (χ4n) is 3.30. The van der Waals surface area contributed by atoms with Gasteiger partial charge in [0.25, 0.3) is 5.91 Å². The first kappa shape index (κ1) is 22.9. The highest BCUT2D eigenvalue weighted by Gasteiger charge is 2.27. The number of anilines is 1. The summed E-state index contributed by atoms with van der Waals surface area (Å²) in [6.45, 7) is 9.87. The van der Waals surface area contributed by atoms with E-state index in [1.807, 2.05) is 0 Å². The van der Waals surface area contributed by atoms with Crippen molar-refractivity contribution < 1.29 is 14.3 Å². The second kappa shape index (κ2) is 9.91. The highest BCUT2D eigenvalue weighted by molar-refractivity contribution is 7.80. The minimum Gasteiger partial charge on any atom is -0.444 e. The fourth-order valence-corrected chi connectivity index (χ4v) is 3.50. The Balaban J connectivity index is 1.80. The van der Waals surface area contributed by atoms with E-state index in [-0.39, 0.29) is 5.91 Å². The Morgan fingerprint density at radius 3 is 2.34 bits per heavy atom. The molecule has 1 aromatic carbocycles. The molecule has 160 valence electrons. The van der Waals surface area contributed by atoms with Crippen molar-refractivity contribution in [1.29, 1.82) is 0 Å². The lowest BCUT2D eigenvalue weighted by Gasteiger charge is -2.35. The van der Waals surface area contributed by atoms with E-state index in [9.17, 15) is 9.59 Å². The zero-order valence-electron chi connectivity index (χ0n) is 17.8. The highest BCUT2D eigenvalue weighted by Crippen LogP contribution is 2.29. The van der Waals surface area contributed by atoms with Crippen LogP contribution in [-0.4, -0.2) is 28.8 Å². The normalized spacial score (nSPS) is 21.6. The molecule has 1 saturated carbocycles. The molecule has 0 bridgehead atoms. The maximum absolute atomic E-state index is 12.3. The van der Waals surface area contributed by atoms with Crippen LogP contribution in [0, 0.1) is 11.8 Å². The summed E-state index contributed by atoms with van der Waals surface area (Å²) in [5.41, 5.74) is 5.78. The number of benzene rings is 1. The van der Waals surface area contributed by atoms with Crippen molar-refractivity contribution in [3.05, 3.63) is 29.8 Å². The lowest BCUT2D eigenvalue weighted by atomic mass is 9.78. The van der Waals surface area contributed by atoms with Crippen molar-refractivity contribution in [2.24, 2.45) is 11.8 Å². The summed E-state index contributed by atoms with van der Waals surface area (Å²) >= 11 is 5.31. The number of carbonyl (C=O) groups excluding carboxylic acids is 2. The monoisotopic (exact) mass is 420 g/mol. The van der Waals surface area contributed by atoms with Crippen molar-refractivity contribution >= 4 is 35.0 Å². The first-order valence-electron chi connectivity index (χ1n) is 10.0. The van der Waals surface area contributed by atoms with Crippen LogP contribution in [0.4, 0.5) is 10.5 Å². The van der Waals surface area contributed by atoms with Crippen LogP contribution in [0.25, 0.3) is 0 Å². The third-order valence-corrected chi connectivity index (χ3v) is 5.33. The maximum Gasteiger partial charge on any atom is 0.412 e. The number of thiocarbonyl (C=S) groups is 1. The first-order chi connectivity index (χ1) is 13.5. The van der Waals surface area contributed by atoms with E-state index in [2.05, 4.69) is 35.3 Å². The molecule has 1 aromatic rings. The van der Waals surface area contributed by atoms with E-state index in [4.69, 9.17) is 17.0 Å². The Hall–Kier alpha value is -2.35. The van der Waals surface area contributed by atoms with E-state index in [0.717, 1.165) is 6.42 Å². The Kier molecular flexibility index (Phi) is 7.84. The number of ether oxygens (including phenoxy) is 1. The van der Waals surface area contributed by atoms with E-state index in [0.29, 0.717) is 34.2 Å². The lowest BCUT2D eigenvalue weighted by molar-refractivity contribution is 0.0635. The number of hydrogen-bond acceptors (Lipinski definition) is 4. The van der Waals surface area contributed by atoms with Gasteiger partial charge in [0.15, 0.2) is 5.11 Å². The average molecular weight is 421 g/mol. The summed E-state index contributed by atoms with van der Waals surface area (Å²) < 4.78 is 5.20. The van der Waals surface area contributed by atoms with Crippen LogP contribution in [0.3, 0.4) is 0 Å². The summed E-state index contributed by atoms with van der Waals surface area (Å²) in [6.07, 6.45) is 2.96. The minimum absolute atomic E-state index is 0.314. The highest BCUT2D eigenvalue weighted by atomic mass is 32.1. The molecule has 0 aliphatic heterocycles. The fraction of sp³-hybridized carbons (Fsp3) is 0.571. The molecule has 0 heterocycles. The smallest absolute Gasteiger partial charge is 0.412 e. The van der Waals surface area contributed by atoms with Crippen LogP contribution >= 0.6 is 12.2 Å². The van der Waals surface area contributed by atoms with Gasteiger partial charge in [-0.05, 0) is 75.5 Å². The van der Waals surface area contributed by atoms with E-state index >= 15 is 0 Å².